The second-order valence-corrected chi connectivity index (χ2v) is 6.32. The summed E-state index contributed by atoms with van der Waals surface area (Å²) in [6.07, 6.45) is -3.04. The molecule has 5 nitrogen and oxygen atoms in total. The summed E-state index contributed by atoms with van der Waals surface area (Å²) in [6, 6.07) is 5.14. The number of nitrogens with zero attached hydrogens (tertiary/aromatic N) is 2. The molecule has 2 heterocycles. The van der Waals surface area contributed by atoms with Crippen molar-refractivity contribution in [1.82, 2.24) is 9.36 Å². The normalized spacial score (nSPS) is 11.2. The van der Waals surface area contributed by atoms with Crippen LogP contribution in [0.4, 0.5) is 23.9 Å². The van der Waals surface area contributed by atoms with E-state index in [9.17, 15) is 18.0 Å². The van der Waals surface area contributed by atoms with Gasteiger partial charge in [-0.2, -0.15) is 18.4 Å². The Morgan fingerprint density at radius 1 is 1.29 bits per heavy atom. The molecule has 24 heavy (non-hydrogen) atoms. The van der Waals surface area contributed by atoms with Crippen molar-refractivity contribution < 1.29 is 13.2 Å². The van der Waals surface area contributed by atoms with Gasteiger partial charge in [-0.15, -0.1) is 11.3 Å². The van der Waals surface area contributed by atoms with E-state index in [-0.39, 0.29) is 16.3 Å². The molecule has 0 atom stereocenters. The standard InChI is InChI=1S/C14H7F3N4OS2/c15-14(16,17)8-3-7(12-19-1-2-23-12)4-9(5-8)20-13-10(6-18)11(22)21-24-13/h1-5,20H,(H,21,22). The van der Waals surface area contributed by atoms with E-state index in [2.05, 4.69) is 14.7 Å². The van der Waals surface area contributed by atoms with Crippen LogP contribution in [0.2, 0.25) is 0 Å². The maximum absolute atomic E-state index is 13.1. The predicted octanol–water partition coefficient (Wildman–Crippen LogP) is 4.19. The Labute approximate surface area is 141 Å². The molecule has 0 bridgehead atoms. The molecule has 0 aliphatic carbocycles. The van der Waals surface area contributed by atoms with Gasteiger partial charge in [0.15, 0.2) is 5.56 Å². The van der Waals surface area contributed by atoms with Crippen molar-refractivity contribution in [2.24, 2.45) is 0 Å². The Hall–Kier alpha value is -2.64. The van der Waals surface area contributed by atoms with Crippen molar-refractivity contribution in [2.75, 3.05) is 5.32 Å². The van der Waals surface area contributed by atoms with Gasteiger partial charge in [0.05, 0.1) is 5.56 Å². The SMILES string of the molecule is N#Cc1c(Nc2cc(-c3nccs3)cc(C(F)(F)F)c2)s[nH]c1=O. The van der Waals surface area contributed by atoms with Crippen molar-refractivity contribution in [2.45, 2.75) is 6.18 Å². The van der Waals surface area contributed by atoms with Crippen molar-refractivity contribution >= 4 is 33.6 Å². The first kappa shape index (κ1) is 16.2. The Morgan fingerprint density at radius 3 is 2.71 bits per heavy atom. The Morgan fingerprint density at radius 2 is 2.08 bits per heavy atom. The van der Waals surface area contributed by atoms with Gasteiger partial charge in [0.2, 0.25) is 0 Å². The number of rotatable bonds is 3. The molecule has 10 heteroatoms. The number of hydrogen-bond acceptors (Lipinski definition) is 6. The number of thiazole rings is 1. The molecule has 0 saturated carbocycles. The van der Waals surface area contributed by atoms with Crippen LogP contribution in [0.5, 0.6) is 0 Å². The number of hydrogen-bond donors (Lipinski definition) is 2. The van der Waals surface area contributed by atoms with Crippen molar-refractivity contribution in [3.8, 4) is 16.6 Å². The lowest BCUT2D eigenvalue weighted by atomic mass is 10.1. The molecule has 2 N–H and O–H groups in total. The summed E-state index contributed by atoms with van der Waals surface area (Å²) in [6.45, 7) is 0. The maximum Gasteiger partial charge on any atom is 0.416 e. The first-order valence-corrected chi connectivity index (χ1v) is 8.09. The zero-order chi connectivity index (χ0) is 17.3. The highest BCUT2D eigenvalue weighted by molar-refractivity contribution is 7.13. The Bertz CT molecular complexity index is 967. The highest BCUT2D eigenvalue weighted by atomic mass is 32.1. The van der Waals surface area contributed by atoms with Crippen LogP contribution in [0.3, 0.4) is 0 Å². The average Bonchev–Trinajstić information content (AvgIpc) is 3.16. The van der Waals surface area contributed by atoms with Crippen molar-refractivity contribution in [1.29, 1.82) is 5.26 Å². The van der Waals surface area contributed by atoms with Gasteiger partial charge in [0.1, 0.15) is 16.1 Å². The fraction of sp³-hybridized carbons (Fsp3) is 0.0714. The van der Waals surface area contributed by atoms with Crippen LogP contribution in [0, 0.1) is 11.3 Å². The first-order valence-electron chi connectivity index (χ1n) is 6.39. The van der Waals surface area contributed by atoms with Crippen LogP contribution in [0.1, 0.15) is 11.1 Å². The van der Waals surface area contributed by atoms with Gasteiger partial charge in [-0.05, 0) is 29.7 Å². The second kappa shape index (κ2) is 6.10. The summed E-state index contributed by atoms with van der Waals surface area (Å²) in [5, 5.41) is 13.9. The Kier molecular flexibility index (Phi) is 4.13. The molecule has 2 aromatic heterocycles. The third-order valence-corrected chi connectivity index (χ3v) is 4.63. The van der Waals surface area contributed by atoms with Crippen LogP contribution < -0.4 is 10.9 Å². The maximum atomic E-state index is 13.1. The summed E-state index contributed by atoms with van der Waals surface area (Å²) < 4.78 is 41.7. The zero-order valence-electron chi connectivity index (χ0n) is 11.6. The first-order chi connectivity index (χ1) is 11.4. The second-order valence-electron chi connectivity index (χ2n) is 4.61. The van der Waals surface area contributed by atoms with E-state index in [1.54, 1.807) is 11.4 Å². The minimum atomic E-state index is -4.53. The minimum absolute atomic E-state index is 0.113. The summed E-state index contributed by atoms with van der Waals surface area (Å²) in [7, 11) is 0. The monoisotopic (exact) mass is 368 g/mol. The smallest absolute Gasteiger partial charge is 0.345 e. The van der Waals surface area contributed by atoms with E-state index < -0.39 is 17.3 Å². The van der Waals surface area contributed by atoms with E-state index >= 15 is 0 Å². The van der Waals surface area contributed by atoms with E-state index in [0.717, 1.165) is 23.7 Å². The van der Waals surface area contributed by atoms with Crippen molar-refractivity contribution in [3.05, 3.63) is 51.3 Å². The van der Waals surface area contributed by atoms with Crippen LogP contribution in [0.25, 0.3) is 10.6 Å². The fourth-order valence-corrected chi connectivity index (χ4v) is 3.31. The molecule has 3 aromatic rings. The summed E-state index contributed by atoms with van der Waals surface area (Å²) in [4.78, 5) is 15.5. The third kappa shape index (κ3) is 3.17. The number of anilines is 2. The molecule has 0 saturated heterocycles. The molecule has 0 spiro atoms. The number of benzene rings is 1. The summed E-state index contributed by atoms with van der Waals surface area (Å²) in [5.74, 6) is 0. The highest BCUT2D eigenvalue weighted by Gasteiger charge is 2.31. The molecule has 0 unspecified atom stereocenters. The highest BCUT2D eigenvalue weighted by Crippen LogP contribution is 2.36. The van der Waals surface area contributed by atoms with Gasteiger partial charge in [0, 0.05) is 22.8 Å². The molecule has 0 aliphatic heterocycles. The lowest BCUT2D eigenvalue weighted by Crippen LogP contribution is -2.06. The molecule has 1 aromatic carbocycles. The van der Waals surface area contributed by atoms with Gasteiger partial charge in [-0.25, -0.2) is 4.98 Å². The quantitative estimate of drug-likeness (QED) is 0.726. The van der Waals surface area contributed by atoms with Gasteiger partial charge in [0.25, 0.3) is 5.56 Å². The van der Waals surface area contributed by atoms with E-state index in [4.69, 9.17) is 5.26 Å². The summed E-state index contributed by atoms with van der Waals surface area (Å²) >= 11 is 2.06. The zero-order valence-corrected chi connectivity index (χ0v) is 13.3. The van der Waals surface area contributed by atoms with E-state index in [0.29, 0.717) is 10.6 Å². The number of nitrogens with one attached hydrogen (secondary N) is 2. The minimum Gasteiger partial charge on any atom is -0.345 e. The molecule has 3 rings (SSSR count). The molecule has 0 radical (unpaired) electrons. The molecule has 0 aliphatic rings. The van der Waals surface area contributed by atoms with Gasteiger partial charge in [-0.1, -0.05) is 0 Å². The largest absolute Gasteiger partial charge is 0.416 e. The topological polar surface area (TPSA) is 81.6 Å². The molecule has 122 valence electrons. The number of nitriles is 1. The van der Waals surface area contributed by atoms with Gasteiger partial charge in [-0.3, -0.25) is 9.17 Å². The van der Waals surface area contributed by atoms with Gasteiger partial charge < -0.3 is 5.32 Å². The Balaban J connectivity index is 2.08. The third-order valence-electron chi connectivity index (χ3n) is 3.01. The van der Waals surface area contributed by atoms with Crippen LogP contribution in [-0.4, -0.2) is 9.36 Å². The van der Waals surface area contributed by atoms with Crippen LogP contribution >= 0.6 is 22.9 Å². The number of aromatic nitrogens is 2. The van der Waals surface area contributed by atoms with Crippen molar-refractivity contribution in [3.63, 3.8) is 0 Å². The lowest BCUT2D eigenvalue weighted by Gasteiger charge is -2.12. The predicted molar refractivity (Wildman–Crippen MR) is 85.5 cm³/mol. The average molecular weight is 368 g/mol. The van der Waals surface area contributed by atoms with Gasteiger partial charge >= 0.3 is 6.18 Å². The number of aromatic amines is 1. The fourth-order valence-electron chi connectivity index (χ4n) is 1.98. The summed E-state index contributed by atoms with van der Waals surface area (Å²) in [5.41, 5.74) is -1.20. The molecular weight excluding hydrogens is 361 g/mol. The number of halogens is 3. The lowest BCUT2D eigenvalue weighted by molar-refractivity contribution is -0.137. The van der Waals surface area contributed by atoms with Crippen LogP contribution in [-0.2, 0) is 6.18 Å². The number of alkyl halides is 3. The van der Waals surface area contributed by atoms with E-state index in [1.165, 1.54) is 23.6 Å². The molecular formula is C14H7F3N4OS2. The number of H-pyrrole nitrogens is 1. The molecule has 0 amide bonds. The molecule has 0 fully saturated rings. The van der Waals surface area contributed by atoms with E-state index in [1.807, 2.05) is 0 Å². The van der Waals surface area contributed by atoms with Crippen LogP contribution in [0.15, 0.2) is 34.6 Å².